The minimum Gasteiger partial charge on any atom is -0.328 e. The van der Waals surface area contributed by atoms with Gasteiger partial charge >= 0.3 is 5.69 Å². The van der Waals surface area contributed by atoms with Crippen molar-refractivity contribution in [3.05, 3.63) is 74.8 Å². The number of amides is 1. The third-order valence-electron chi connectivity index (χ3n) is 5.94. The average molecular weight is 430 g/mol. The Balaban J connectivity index is 1.41. The predicted molar refractivity (Wildman–Crippen MR) is 121 cm³/mol. The van der Waals surface area contributed by atoms with Crippen LogP contribution in [0.2, 0.25) is 0 Å². The summed E-state index contributed by atoms with van der Waals surface area (Å²) >= 11 is 0. The summed E-state index contributed by atoms with van der Waals surface area (Å²) in [6.07, 6.45) is 5.34. The van der Waals surface area contributed by atoms with E-state index < -0.39 is 17.2 Å². The Morgan fingerprint density at radius 1 is 1.00 bits per heavy atom. The van der Waals surface area contributed by atoms with Gasteiger partial charge in [0.1, 0.15) is 17.2 Å². The first-order valence-electron chi connectivity index (χ1n) is 10.5. The van der Waals surface area contributed by atoms with Gasteiger partial charge in [0.25, 0.3) is 11.5 Å². The van der Waals surface area contributed by atoms with Crippen LogP contribution in [-0.2, 0) is 27.1 Å². The second-order valence-electron chi connectivity index (χ2n) is 7.99. The number of carbonyl (C=O) groups excluding carboxylic acids is 1. The van der Waals surface area contributed by atoms with Crippen LogP contribution >= 0.6 is 0 Å². The van der Waals surface area contributed by atoms with Crippen LogP contribution in [-0.4, -0.2) is 29.6 Å². The van der Waals surface area contributed by atoms with Crippen molar-refractivity contribution >= 4 is 22.6 Å². The molecule has 0 fully saturated rings. The van der Waals surface area contributed by atoms with Gasteiger partial charge in [0, 0.05) is 43.8 Å². The number of hydrogen-bond acceptors (Lipinski definition) is 5. The van der Waals surface area contributed by atoms with E-state index in [9.17, 15) is 14.4 Å². The number of anilines is 1. The minimum absolute atomic E-state index is 0.118. The van der Waals surface area contributed by atoms with E-state index in [-0.39, 0.29) is 16.7 Å². The molecule has 1 aliphatic heterocycles. The van der Waals surface area contributed by atoms with Crippen molar-refractivity contribution in [3.63, 3.8) is 0 Å². The molecule has 1 amide bonds. The predicted octanol–water partition coefficient (Wildman–Crippen LogP) is 2.08. The van der Waals surface area contributed by atoms with Gasteiger partial charge in [-0.3, -0.25) is 18.7 Å². The van der Waals surface area contributed by atoms with Crippen LogP contribution in [0.5, 0.6) is 0 Å². The lowest BCUT2D eigenvalue weighted by atomic mass is 10.1. The Hall–Kier alpha value is -4.01. The number of carbonyl (C=O) groups is 1. The van der Waals surface area contributed by atoms with E-state index in [1.807, 2.05) is 30.5 Å². The zero-order valence-electron chi connectivity index (χ0n) is 17.8. The summed E-state index contributed by atoms with van der Waals surface area (Å²) in [7, 11) is 2.93. The molecule has 0 atom stereocenters. The molecule has 9 nitrogen and oxygen atoms in total. The molecule has 4 aromatic rings. The molecule has 0 spiro atoms. The molecule has 1 aliphatic rings. The molecule has 0 radical (unpaired) electrons. The number of rotatable bonds is 3. The normalized spacial score (nSPS) is 13.2. The molecule has 0 saturated carbocycles. The maximum absolute atomic E-state index is 12.8. The molecule has 0 saturated heterocycles. The van der Waals surface area contributed by atoms with Crippen molar-refractivity contribution < 1.29 is 4.79 Å². The largest absolute Gasteiger partial charge is 0.332 e. The second-order valence-corrected chi connectivity index (χ2v) is 7.99. The van der Waals surface area contributed by atoms with E-state index >= 15 is 0 Å². The first-order valence-corrected chi connectivity index (χ1v) is 10.5. The fourth-order valence-electron chi connectivity index (χ4n) is 4.14. The Bertz CT molecular complexity index is 1480. The van der Waals surface area contributed by atoms with Crippen molar-refractivity contribution in [2.75, 3.05) is 5.32 Å². The van der Waals surface area contributed by atoms with Crippen LogP contribution in [0.3, 0.4) is 0 Å². The number of pyridine rings is 1. The summed E-state index contributed by atoms with van der Waals surface area (Å²) in [5.74, 6) is 0.516. The van der Waals surface area contributed by atoms with Crippen molar-refractivity contribution in [1.82, 2.24) is 23.7 Å². The van der Waals surface area contributed by atoms with Gasteiger partial charge in [-0.2, -0.15) is 0 Å². The Morgan fingerprint density at radius 2 is 1.78 bits per heavy atom. The van der Waals surface area contributed by atoms with Gasteiger partial charge in [-0.15, -0.1) is 0 Å². The van der Waals surface area contributed by atoms with Crippen LogP contribution in [0.1, 0.15) is 29.0 Å². The van der Waals surface area contributed by atoms with Crippen LogP contribution in [0.25, 0.3) is 22.4 Å². The van der Waals surface area contributed by atoms with Crippen LogP contribution in [0.15, 0.2) is 52.2 Å². The third kappa shape index (κ3) is 3.22. The molecule has 1 aromatic carbocycles. The molecule has 3 aromatic heterocycles. The lowest BCUT2D eigenvalue weighted by molar-refractivity contribution is 0.102. The second kappa shape index (κ2) is 7.60. The van der Waals surface area contributed by atoms with Gasteiger partial charge in [0.2, 0.25) is 0 Å². The van der Waals surface area contributed by atoms with Gasteiger partial charge in [-0.05, 0) is 55.7 Å². The number of fused-ring (bicyclic) bond motifs is 2. The lowest BCUT2D eigenvalue weighted by Gasteiger charge is -2.16. The summed E-state index contributed by atoms with van der Waals surface area (Å²) in [6.45, 7) is 0.975. The molecule has 32 heavy (non-hydrogen) atoms. The van der Waals surface area contributed by atoms with Gasteiger partial charge in [-0.1, -0.05) is 0 Å². The van der Waals surface area contributed by atoms with Crippen molar-refractivity contribution in [2.24, 2.45) is 14.1 Å². The number of nitrogens with one attached hydrogen (secondary N) is 1. The van der Waals surface area contributed by atoms with Crippen LogP contribution < -0.4 is 16.6 Å². The Kier molecular flexibility index (Phi) is 4.73. The lowest BCUT2D eigenvalue weighted by Crippen LogP contribution is -2.37. The quantitative estimate of drug-likeness (QED) is 0.536. The van der Waals surface area contributed by atoms with Crippen LogP contribution in [0.4, 0.5) is 5.69 Å². The zero-order chi connectivity index (χ0) is 22.4. The summed E-state index contributed by atoms with van der Waals surface area (Å²) in [4.78, 5) is 46.1. The van der Waals surface area contributed by atoms with E-state index in [1.54, 1.807) is 0 Å². The highest BCUT2D eigenvalue weighted by Gasteiger charge is 2.16. The standard InChI is InChI=1S/C23H22N6O3/c1-27-20-17(22(31)28(2)23(27)32)10-11-18(26-20)21(30)25-15-8-6-14(7-9-15)19-24-13-16-5-3-4-12-29(16)19/h6-11,13H,3-5,12H2,1-2H3,(H,25,30). The number of hydrogen-bond donors (Lipinski definition) is 1. The Labute approximate surface area is 183 Å². The summed E-state index contributed by atoms with van der Waals surface area (Å²) in [5, 5.41) is 3.09. The highest BCUT2D eigenvalue weighted by Crippen LogP contribution is 2.25. The number of aryl methyl sites for hydroxylation is 2. The SMILES string of the molecule is Cn1c(=O)c2ccc(C(=O)Nc3ccc(-c4ncc5n4CCCC5)cc3)nc2n(C)c1=O. The number of aromatic nitrogens is 5. The monoisotopic (exact) mass is 430 g/mol. The summed E-state index contributed by atoms with van der Waals surface area (Å²) < 4.78 is 4.53. The molecular weight excluding hydrogens is 408 g/mol. The van der Waals surface area contributed by atoms with Crippen molar-refractivity contribution in [1.29, 1.82) is 0 Å². The van der Waals surface area contributed by atoms with Crippen LogP contribution in [0, 0.1) is 0 Å². The van der Waals surface area contributed by atoms with E-state index in [2.05, 4.69) is 19.9 Å². The molecule has 0 unspecified atom stereocenters. The molecule has 5 rings (SSSR count). The first kappa shape index (κ1) is 19.9. The first-order chi connectivity index (χ1) is 15.4. The fraction of sp³-hybridized carbons (Fsp3) is 0.261. The minimum atomic E-state index is -0.496. The number of imidazole rings is 1. The van der Waals surface area contributed by atoms with Gasteiger partial charge < -0.3 is 9.88 Å². The molecular formula is C23H22N6O3. The maximum Gasteiger partial charge on any atom is 0.332 e. The molecule has 1 N–H and O–H groups in total. The molecule has 4 heterocycles. The third-order valence-corrected chi connectivity index (χ3v) is 5.94. The molecule has 162 valence electrons. The summed E-state index contributed by atoms with van der Waals surface area (Å²) in [6, 6.07) is 10.5. The number of nitrogens with zero attached hydrogens (tertiary/aromatic N) is 5. The van der Waals surface area contributed by atoms with Gasteiger partial charge in [0.15, 0.2) is 0 Å². The zero-order valence-corrected chi connectivity index (χ0v) is 17.8. The molecule has 0 aliphatic carbocycles. The fourth-order valence-corrected chi connectivity index (χ4v) is 4.14. The maximum atomic E-state index is 12.8. The van der Waals surface area contributed by atoms with E-state index in [0.29, 0.717) is 5.69 Å². The topological polar surface area (TPSA) is 104 Å². The Morgan fingerprint density at radius 3 is 2.56 bits per heavy atom. The molecule has 9 heteroatoms. The highest BCUT2D eigenvalue weighted by molar-refractivity contribution is 6.03. The van der Waals surface area contributed by atoms with E-state index in [1.165, 1.54) is 42.9 Å². The van der Waals surface area contributed by atoms with Crippen molar-refractivity contribution in [2.45, 2.75) is 25.8 Å². The van der Waals surface area contributed by atoms with E-state index in [4.69, 9.17) is 0 Å². The average Bonchev–Trinajstić information content (AvgIpc) is 3.25. The van der Waals surface area contributed by atoms with Crippen molar-refractivity contribution in [3.8, 4) is 11.4 Å². The highest BCUT2D eigenvalue weighted by atomic mass is 16.2. The smallest absolute Gasteiger partial charge is 0.328 e. The van der Waals surface area contributed by atoms with Gasteiger partial charge in [-0.25, -0.2) is 14.8 Å². The number of benzene rings is 1. The van der Waals surface area contributed by atoms with E-state index in [0.717, 1.165) is 35.3 Å². The molecule has 0 bridgehead atoms. The summed E-state index contributed by atoms with van der Waals surface area (Å²) in [5.41, 5.74) is 2.21. The van der Waals surface area contributed by atoms with Gasteiger partial charge in [0.05, 0.1) is 5.39 Å².